The lowest BCUT2D eigenvalue weighted by Gasteiger charge is -2.35. The van der Waals surface area contributed by atoms with Gasteiger partial charge in [-0.1, -0.05) is 18.2 Å². The van der Waals surface area contributed by atoms with Crippen molar-refractivity contribution >= 4 is 5.69 Å². The molecule has 25 heavy (non-hydrogen) atoms. The standard InChI is InChI=1S/C20H26N2O3/c1-24-19-8-5-17(15-20(19)25-2)16-3-6-18(7-4-16)22-11-9-21(10-12-22)13-14-23/h3-8,15,23H,9-14H2,1-2H3. The molecule has 0 spiro atoms. The van der Waals surface area contributed by atoms with Crippen LogP contribution >= 0.6 is 0 Å². The highest BCUT2D eigenvalue weighted by molar-refractivity contribution is 5.69. The first-order valence-electron chi connectivity index (χ1n) is 8.66. The maximum atomic E-state index is 9.04. The van der Waals surface area contributed by atoms with Crippen molar-refractivity contribution < 1.29 is 14.6 Å². The predicted octanol–water partition coefficient (Wildman–Crippen LogP) is 2.49. The van der Waals surface area contributed by atoms with Crippen LogP contribution in [0.25, 0.3) is 11.1 Å². The Morgan fingerprint density at radius 3 is 2.08 bits per heavy atom. The second kappa shape index (κ2) is 8.23. The van der Waals surface area contributed by atoms with Crippen molar-refractivity contribution in [1.82, 2.24) is 4.90 Å². The van der Waals surface area contributed by atoms with Crippen LogP contribution in [0.4, 0.5) is 5.69 Å². The lowest BCUT2D eigenvalue weighted by atomic mass is 10.0. The zero-order valence-electron chi connectivity index (χ0n) is 14.9. The molecule has 3 rings (SSSR count). The molecule has 1 aliphatic rings. The molecule has 0 radical (unpaired) electrons. The van der Waals surface area contributed by atoms with Crippen LogP contribution in [0, 0.1) is 0 Å². The van der Waals surface area contributed by atoms with Crippen LogP contribution in [0.2, 0.25) is 0 Å². The summed E-state index contributed by atoms with van der Waals surface area (Å²) in [5, 5.41) is 9.04. The lowest BCUT2D eigenvalue weighted by molar-refractivity contribution is 0.189. The number of nitrogens with zero attached hydrogens (tertiary/aromatic N) is 2. The van der Waals surface area contributed by atoms with Crippen LogP contribution in [0.1, 0.15) is 0 Å². The van der Waals surface area contributed by atoms with Gasteiger partial charge in [-0.05, 0) is 35.4 Å². The van der Waals surface area contributed by atoms with Gasteiger partial charge < -0.3 is 19.5 Å². The fourth-order valence-electron chi connectivity index (χ4n) is 3.25. The van der Waals surface area contributed by atoms with E-state index < -0.39 is 0 Å². The average Bonchev–Trinajstić information content (AvgIpc) is 2.68. The summed E-state index contributed by atoms with van der Waals surface area (Å²) in [6.07, 6.45) is 0. The molecule has 1 N–H and O–H groups in total. The smallest absolute Gasteiger partial charge is 0.161 e. The van der Waals surface area contributed by atoms with Gasteiger partial charge in [0.05, 0.1) is 20.8 Å². The van der Waals surface area contributed by atoms with Crippen molar-refractivity contribution in [1.29, 1.82) is 0 Å². The first-order chi connectivity index (χ1) is 12.2. The molecule has 0 saturated carbocycles. The number of aliphatic hydroxyl groups excluding tert-OH is 1. The second-order valence-corrected chi connectivity index (χ2v) is 6.17. The van der Waals surface area contributed by atoms with E-state index >= 15 is 0 Å². The fourth-order valence-corrected chi connectivity index (χ4v) is 3.25. The van der Waals surface area contributed by atoms with E-state index in [0.29, 0.717) is 0 Å². The van der Waals surface area contributed by atoms with Crippen molar-refractivity contribution in [3.8, 4) is 22.6 Å². The van der Waals surface area contributed by atoms with E-state index in [2.05, 4.69) is 34.1 Å². The third-order valence-electron chi connectivity index (χ3n) is 4.74. The summed E-state index contributed by atoms with van der Waals surface area (Å²) >= 11 is 0. The van der Waals surface area contributed by atoms with Gasteiger partial charge in [0.1, 0.15) is 0 Å². The number of hydrogen-bond acceptors (Lipinski definition) is 5. The molecular formula is C20H26N2O3. The number of hydrogen-bond donors (Lipinski definition) is 1. The summed E-state index contributed by atoms with van der Waals surface area (Å²) in [5.74, 6) is 1.48. The Bertz CT molecular complexity index is 680. The zero-order chi connectivity index (χ0) is 17.6. The van der Waals surface area contributed by atoms with Gasteiger partial charge in [0, 0.05) is 38.4 Å². The third kappa shape index (κ3) is 4.06. The molecule has 134 valence electrons. The Balaban J connectivity index is 1.70. The zero-order valence-corrected chi connectivity index (χ0v) is 14.9. The topological polar surface area (TPSA) is 45.2 Å². The molecule has 1 aliphatic heterocycles. The Morgan fingerprint density at radius 1 is 0.840 bits per heavy atom. The van der Waals surface area contributed by atoms with Gasteiger partial charge in [-0.25, -0.2) is 0 Å². The van der Waals surface area contributed by atoms with E-state index in [4.69, 9.17) is 14.6 Å². The highest BCUT2D eigenvalue weighted by atomic mass is 16.5. The van der Waals surface area contributed by atoms with E-state index in [-0.39, 0.29) is 6.61 Å². The van der Waals surface area contributed by atoms with Gasteiger partial charge in [-0.15, -0.1) is 0 Å². The minimum absolute atomic E-state index is 0.236. The van der Waals surface area contributed by atoms with Crippen molar-refractivity contribution in [3.63, 3.8) is 0 Å². The largest absolute Gasteiger partial charge is 0.493 e. The Morgan fingerprint density at radius 2 is 1.48 bits per heavy atom. The predicted molar refractivity (Wildman–Crippen MR) is 101 cm³/mol. The van der Waals surface area contributed by atoms with Gasteiger partial charge in [-0.3, -0.25) is 4.90 Å². The van der Waals surface area contributed by atoms with Crippen LogP contribution in [0.15, 0.2) is 42.5 Å². The summed E-state index contributed by atoms with van der Waals surface area (Å²) in [5.41, 5.74) is 3.51. The van der Waals surface area contributed by atoms with Gasteiger partial charge in [0.2, 0.25) is 0 Å². The fraction of sp³-hybridized carbons (Fsp3) is 0.400. The van der Waals surface area contributed by atoms with Crippen molar-refractivity contribution in [2.24, 2.45) is 0 Å². The van der Waals surface area contributed by atoms with Gasteiger partial charge >= 0.3 is 0 Å². The number of β-amino-alcohol motifs (C(OH)–C–C–N with tert-alkyl or cyclic N) is 1. The van der Waals surface area contributed by atoms with E-state index in [1.165, 1.54) is 5.69 Å². The molecule has 5 heteroatoms. The molecule has 0 bridgehead atoms. The second-order valence-electron chi connectivity index (χ2n) is 6.17. The molecule has 0 aliphatic carbocycles. The van der Waals surface area contributed by atoms with E-state index in [1.807, 2.05) is 18.2 Å². The molecule has 0 atom stereocenters. The maximum absolute atomic E-state index is 9.04. The Hall–Kier alpha value is -2.24. The molecule has 1 fully saturated rings. The minimum atomic E-state index is 0.236. The van der Waals surface area contributed by atoms with Crippen LogP contribution in [0.3, 0.4) is 0 Å². The van der Waals surface area contributed by atoms with Crippen LogP contribution in [-0.2, 0) is 0 Å². The quantitative estimate of drug-likeness (QED) is 0.874. The number of piperazine rings is 1. The highest BCUT2D eigenvalue weighted by Gasteiger charge is 2.16. The first kappa shape index (κ1) is 17.6. The number of methoxy groups -OCH3 is 2. The number of ether oxygens (including phenoxy) is 2. The molecule has 0 amide bonds. The van der Waals surface area contributed by atoms with Crippen molar-refractivity contribution in [2.45, 2.75) is 0 Å². The van der Waals surface area contributed by atoms with E-state index in [0.717, 1.165) is 55.3 Å². The molecular weight excluding hydrogens is 316 g/mol. The summed E-state index contributed by atoms with van der Waals surface area (Å²) in [7, 11) is 3.30. The minimum Gasteiger partial charge on any atom is -0.493 e. The Labute approximate surface area is 149 Å². The molecule has 1 saturated heterocycles. The highest BCUT2D eigenvalue weighted by Crippen LogP contribution is 2.33. The molecule has 5 nitrogen and oxygen atoms in total. The average molecular weight is 342 g/mol. The van der Waals surface area contributed by atoms with E-state index in [9.17, 15) is 0 Å². The summed E-state index contributed by atoms with van der Waals surface area (Å²) in [6, 6.07) is 14.6. The monoisotopic (exact) mass is 342 g/mol. The van der Waals surface area contributed by atoms with Crippen LogP contribution in [0.5, 0.6) is 11.5 Å². The normalized spacial score (nSPS) is 15.2. The van der Waals surface area contributed by atoms with Gasteiger partial charge in [0.15, 0.2) is 11.5 Å². The first-order valence-corrected chi connectivity index (χ1v) is 8.66. The lowest BCUT2D eigenvalue weighted by Crippen LogP contribution is -2.47. The van der Waals surface area contributed by atoms with Gasteiger partial charge in [-0.2, -0.15) is 0 Å². The van der Waals surface area contributed by atoms with E-state index in [1.54, 1.807) is 14.2 Å². The summed E-state index contributed by atoms with van der Waals surface area (Å²) in [4.78, 5) is 4.70. The summed E-state index contributed by atoms with van der Waals surface area (Å²) < 4.78 is 10.7. The SMILES string of the molecule is COc1ccc(-c2ccc(N3CCN(CCO)CC3)cc2)cc1OC. The number of benzene rings is 2. The summed E-state index contributed by atoms with van der Waals surface area (Å²) in [6.45, 7) is 4.99. The Kier molecular flexibility index (Phi) is 5.79. The molecule has 2 aromatic carbocycles. The van der Waals surface area contributed by atoms with Gasteiger partial charge in [0.25, 0.3) is 0 Å². The number of anilines is 1. The maximum Gasteiger partial charge on any atom is 0.161 e. The molecule has 0 aromatic heterocycles. The van der Waals surface area contributed by atoms with Crippen LogP contribution in [-0.4, -0.2) is 63.6 Å². The molecule has 2 aromatic rings. The number of rotatable bonds is 6. The van der Waals surface area contributed by atoms with Crippen molar-refractivity contribution in [3.05, 3.63) is 42.5 Å². The molecule has 0 unspecified atom stereocenters. The van der Waals surface area contributed by atoms with Crippen molar-refractivity contribution in [2.75, 3.05) is 58.5 Å². The van der Waals surface area contributed by atoms with Crippen LogP contribution < -0.4 is 14.4 Å². The third-order valence-corrected chi connectivity index (χ3v) is 4.74. The number of aliphatic hydroxyl groups is 1. The molecule has 1 heterocycles.